The highest BCUT2D eigenvalue weighted by Gasteiger charge is 2.12. The van der Waals surface area contributed by atoms with Crippen LogP contribution in [-0.2, 0) is 11.3 Å². The van der Waals surface area contributed by atoms with E-state index in [4.69, 9.17) is 11.6 Å². The fourth-order valence-electron chi connectivity index (χ4n) is 2.22. The highest BCUT2D eigenvalue weighted by Crippen LogP contribution is 2.16. The number of hydrogen-bond donors (Lipinski definition) is 1. The summed E-state index contributed by atoms with van der Waals surface area (Å²) in [4.78, 5) is 25.3. The van der Waals surface area contributed by atoms with Crippen molar-refractivity contribution in [3.8, 4) is 0 Å². The largest absolute Gasteiger partial charge is 0.350 e. The maximum atomic E-state index is 13.1. The van der Waals surface area contributed by atoms with Crippen molar-refractivity contribution in [1.82, 2.24) is 10.2 Å². The Morgan fingerprint density at radius 3 is 2.58 bits per heavy atom. The van der Waals surface area contributed by atoms with Crippen LogP contribution in [0.25, 0.3) is 0 Å². The van der Waals surface area contributed by atoms with E-state index in [0.717, 1.165) is 5.56 Å². The summed E-state index contributed by atoms with van der Waals surface area (Å²) in [6.45, 7) is 2.43. The molecule has 126 valence electrons. The Hall–Kier alpha value is -2.40. The van der Waals surface area contributed by atoms with Crippen molar-refractivity contribution in [2.75, 3.05) is 13.1 Å². The van der Waals surface area contributed by atoms with Crippen molar-refractivity contribution in [2.24, 2.45) is 0 Å². The van der Waals surface area contributed by atoms with Crippen LogP contribution in [0, 0.1) is 5.82 Å². The van der Waals surface area contributed by atoms with Crippen LogP contribution in [0.1, 0.15) is 22.8 Å². The zero-order valence-corrected chi connectivity index (χ0v) is 14.0. The number of carbonyl (C=O) groups is 2. The van der Waals surface area contributed by atoms with Gasteiger partial charge in [-0.1, -0.05) is 35.9 Å². The van der Waals surface area contributed by atoms with Crippen LogP contribution in [0.2, 0.25) is 5.02 Å². The summed E-state index contributed by atoms with van der Waals surface area (Å²) in [5.41, 5.74) is 1.08. The van der Waals surface area contributed by atoms with Gasteiger partial charge in [0.2, 0.25) is 5.91 Å². The van der Waals surface area contributed by atoms with Crippen molar-refractivity contribution in [1.29, 1.82) is 0 Å². The number of carbonyl (C=O) groups excluding carboxylic acids is 2. The number of rotatable bonds is 6. The van der Waals surface area contributed by atoms with Gasteiger partial charge in [-0.25, -0.2) is 4.39 Å². The average Bonchev–Trinajstić information content (AvgIpc) is 2.55. The highest BCUT2D eigenvalue weighted by atomic mass is 35.5. The Labute approximate surface area is 145 Å². The predicted molar refractivity (Wildman–Crippen MR) is 91.3 cm³/mol. The van der Waals surface area contributed by atoms with E-state index in [1.165, 1.54) is 31.2 Å². The molecule has 2 aromatic rings. The Kier molecular flexibility index (Phi) is 6.32. The van der Waals surface area contributed by atoms with E-state index in [0.29, 0.717) is 18.1 Å². The normalized spacial score (nSPS) is 10.3. The van der Waals surface area contributed by atoms with E-state index in [9.17, 15) is 14.0 Å². The number of amides is 2. The summed E-state index contributed by atoms with van der Waals surface area (Å²) in [7, 11) is 0. The molecule has 0 aliphatic carbocycles. The summed E-state index contributed by atoms with van der Waals surface area (Å²) in [5, 5.41) is 3.27. The molecule has 4 nitrogen and oxygen atoms in total. The van der Waals surface area contributed by atoms with Crippen molar-refractivity contribution in [2.45, 2.75) is 13.5 Å². The molecule has 0 saturated carbocycles. The lowest BCUT2D eigenvalue weighted by atomic mass is 10.2. The quantitative estimate of drug-likeness (QED) is 0.871. The molecule has 1 N–H and O–H groups in total. The van der Waals surface area contributed by atoms with Gasteiger partial charge in [-0.05, 0) is 29.8 Å². The average molecular weight is 349 g/mol. The summed E-state index contributed by atoms with van der Waals surface area (Å²) >= 11 is 6.11. The molecule has 0 radical (unpaired) electrons. The van der Waals surface area contributed by atoms with Crippen LogP contribution in [0.4, 0.5) is 4.39 Å². The summed E-state index contributed by atoms with van der Waals surface area (Å²) in [5.74, 6) is -0.961. The third-order valence-corrected chi connectivity index (χ3v) is 3.89. The molecule has 0 unspecified atom stereocenters. The van der Waals surface area contributed by atoms with E-state index in [1.54, 1.807) is 11.0 Å². The van der Waals surface area contributed by atoms with E-state index in [2.05, 4.69) is 5.32 Å². The van der Waals surface area contributed by atoms with Gasteiger partial charge in [0.1, 0.15) is 5.82 Å². The number of hydrogen-bond acceptors (Lipinski definition) is 2. The van der Waals surface area contributed by atoms with Crippen molar-refractivity contribution in [3.63, 3.8) is 0 Å². The Morgan fingerprint density at radius 2 is 1.92 bits per heavy atom. The first-order valence-electron chi connectivity index (χ1n) is 7.50. The molecule has 2 amide bonds. The topological polar surface area (TPSA) is 49.4 Å². The monoisotopic (exact) mass is 348 g/mol. The fourth-order valence-corrected chi connectivity index (χ4v) is 2.41. The SMILES string of the molecule is CC(=O)N(CCNC(=O)c1cccc(F)c1)Cc1ccccc1Cl. The molecule has 24 heavy (non-hydrogen) atoms. The molecule has 0 saturated heterocycles. The molecule has 0 atom stereocenters. The van der Waals surface area contributed by atoms with E-state index < -0.39 is 5.82 Å². The van der Waals surface area contributed by atoms with Crippen molar-refractivity contribution >= 4 is 23.4 Å². The van der Waals surface area contributed by atoms with Gasteiger partial charge in [0.25, 0.3) is 5.91 Å². The lowest BCUT2D eigenvalue weighted by molar-refractivity contribution is -0.129. The van der Waals surface area contributed by atoms with Gasteiger partial charge in [0.05, 0.1) is 0 Å². The third-order valence-electron chi connectivity index (χ3n) is 3.52. The predicted octanol–water partition coefficient (Wildman–Crippen LogP) is 3.26. The molecule has 0 aliphatic rings. The minimum absolute atomic E-state index is 0.116. The lowest BCUT2D eigenvalue weighted by Crippen LogP contribution is -2.37. The van der Waals surface area contributed by atoms with E-state index in [-0.39, 0.29) is 23.9 Å². The number of nitrogens with zero attached hydrogens (tertiary/aromatic N) is 1. The standard InChI is InChI=1S/C18H18ClFN2O2/c1-13(23)22(12-15-5-2-3-8-17(15)19)10-9-21-18(24)14-6-4-7-16(20)11-14/h2-8,11H,9-10,12H2,1H3,(H,21,24). The number of nitrogens with one attached hydrogen (secondary N) is 1. The highest BCUT2D eigenvalue weighted by molar-refractivity contribution is 6.31. The first-order chi connectivity index (χ1) is 11.5. The number of halogens is 2. The van der Waals surface area contributed by atoms with Crippen molar-refractivity contribution in [3.05, 3.63) is 70.5 Å². The van der Waals surface area contributed by atoms with Crippen molar-refractivity contribution < 1.29 is 14.0 Å². The minimum atomic E-state index is -0.466. The van der Waals surface area contributed by atoms with Crippen LogP contribution < -0.4 is 5.32 Å². The molecule has 0 aliphatic heterocycles. The second-order valence-electron chi connectivity index (χ2n) is 5.30. The molecule has 0 fully saturated rings. The van der Waals surface area contributed by atoms with Gasteiger partial charge in [-0.2, -0.15) is 0 Å². The summed E-state index contributed by atoms with van der Waals surface area (Å²) < 4.78 is 13.1. The van der Waals surface area contributed by atoms with Crippen LogP contribution >= 0.6 is 11.6 Å². The fraction of sp³-hybridized carbons (Fsp3) is 0.222. The van der Waals surface area contributed by atoms with Crippen LogP contribution in [-0.4, -0.2) is 29.8 Å². The zero-order chi connectivity index (χ0) is 17.5. The van der Waals surface area contributed by atoms with E-state index >= 15 is 0 Å². The van der Waals surface area contributed by atoms with Crippen LogP contribution in [0.15, 0.2) is 48.5 Å². The maximum absolute atomic E-state index is 13.1. The second kappa shape index (κ2) is 8.45. The Balaban J connectivity index is 1.91. The molecule has 2 rings (SSSR count). The molecule has 6 heteroatoms. The maximum Gasteiger partial charge on any atom is 0.251 e. The first kappa shape index (κ1) is 17.9. The van der Waals surface area contributed by atoms with Gasteiger partial charge in [-0.3, -0.25) is 9.59 Å². The van der Waals surface area contributed by atoms with Gasteiger partial charge < -0.3 is 10.2 Å². The summed E-state index contributed by atoms with van der Waals surface area (Å²) in [6.07, 6.45) is 0. The Bertz CT molecular complexity index is 736. The van der Waals surface area contributed by atoms with E-state index in [1.807, 2.05) is 18.2 Å². The molecule has 2 aromatic carbocycles. The van der Waals surface area contributed by atoms with Crippen LogP contribution in [0.3, 0.4) is 0 Å². The third kappa shape index (κ3) is 5.06. The molecule has 0 aromatic heterocycles. The number of benzene rings is 2. The first-order valence-corrected chi connectivity index (χ1v) is 7.88. The van der Waals surface area contributed by atoms with Gasteiger partial charge >= 0.3 is 0 Å². The van der Waals surface area contributed by atoms with Gasteiger partial charge in [0, 0.05) is 37.1 Å². The zero-order valence-electron chi connectivity index (χ0n) is 13.3. The van der Waals surface area contributed by atoms with Gasteiger partial charge in [0.15, 0.2) is 0 Å². The second-order valence-corrected chi connectivity index (χ2v) is 5.71. The smallest absolute Gasteiger partial charge is 0.251 e. The lowest BCUT2D eigenvalue weighted by Gasteiger charge is -2.22. The summed E-state index contributed by atoms with van der Waals surface area (Å²) in [6, 6.07) is 12.7. The molecule has 0 spiro atoms. The molecule has 0 heterocycles. The minimum Gasteiger partial charge on any atom is -0.350 e. The Morgan fingerprint density at radius 1 is 1.17 bits per heavy atom. The van der Waals surface area contributed by atoms with Crippen LogP contribution in [0.5, 0.6) is 0 Å². The molecular weight excluding hydrogens is 331 g/mol. The van der Waals surface area contributed by atoms with Gasteiger partial charge in [-0.15, -0.1) is 0 Å². The molecule has 0 bridgehead atoms. The molecular formula is C18H18ClFN2O2.